The third kappa shape index (κ3) is 15.1. The molecule has 21 heavy (non-hydrogen) atoms. The number of ether oxygens (including phenoxy) is 1. The van der Waals surface area contributed by atoms with Crippen molar-refractivity contribution in [3.8, 4) is 0 Å². The van der Waals surface area contributed by atoms with Crippen molar-refractivity contribution < 1.29 is 14.3 Å². The summed E-state index contributed by atoms with van der Waals surface area (Å²) in [5.74, 6) is -0.972. The molecule has 0 aliphatic carbocycles. The standard InChI is InChI=1S/C15H29NO3S.Na/c1-2-3-4-5-6-7-8-9-10-11-14(17)19-15(18)13(16)12-20;/h13,20H,2-12,16H2,1H3;/t13-;/m0./s1. The maximum Gasteiger partial charge on any atom is 0.331 e. The monoisotopic (exact) mass is 326 g/mol. The Morgan fingerprint density at radius 1 is 1.00 bits per heavy atom. The van der Waals surface area contributed by atoms with E-state index in [0.717, 1.165) is 19.3 Å². The van der Waals surface area contributed by atoms with E-state index in [-0.39, 0.29) is 35.3 Å². The molecular formula is C15H29NNaO3S. The van der Waals surface area contributed by atoms with Crippen LogP contribution in [-0.4, -0.2) is 53.3 Å². The van der Waals surface area contributed by atoms with Crippen LogP contribution >= 0.6 is 12.6 Å². The summed E-state index contributed by atoms with van der Waals surface area (Å²) < 4.78 is 4.62. The van der Waals surface area contributed by atoms with E-state index < -0.39 is 18.0 Å². The summed E-state index contributed by atoms with van der Waals surface area (Å²) in [7, 11) is 0. The van der Waals surface area contributed by atoms with Crippen LogP contribution in [0.2, 0.25) is 0 Å². The maximum atomic E-state index is 11.4. The Bertz CT molecular complexity index is 278. The summed E-state index contributed by atoms with van der Waals surface area (Å²) in [4.78, 5) is 22.6. The molecule has 0 rings (SSSR count). The molecule has 2 N–H and O–H groups in total. The van der Waals surface area contributed by atoms with E-state index in [0.29, 0.717) is 6.42 Å². The second kappa shape index (κ2) is 16.8. The van der Waals surface area contributed by atoms with Crippen molar-refractivity contribution in [1.82, 2.24) is 0 Å². The van der Waals surface area contributed by atoms with Crippen LogP contribution in [0.15, 0.2) is 0 Å². The first kappa shape index (κ1) is 23.7. The van der Waals surface area contributed by atoms with Gasteiger partial charge in [0.1, 0.15) is 6.04 Å². The minimum absolute atomic E-state index is 0. The van der Waals surface area contributed by atoms with Gasteiger partial charge in [0.2, 0.25) is 0 Å². The van der Waals surface area contributed by atoms with Gasteiger partial charge in [0.15, 0.2) is 0 Å². The van der Waals surface area contributed by atoms with E-state index in [2.05, 4.69) is 24.3 Å². The quantitative estimate of drug-likeness (QED) is 0.190. The number of thiol groups is 1. The Hall–Kier alpha value is 0.450. The van der Waals surface area contributed by atoms with Crippen LogP contribution in [-0.2, 0) is 14.3 Å². The van der Waals surface area contributed by atoms with Crippen molar-refractivity contribution in [3.05, 3.63) is 0 Å². The fourth-order valence-corrected chi connectivity index (χ4v) is 2.04. The van der Waals surface area contributed by atoms with Crippen LogP contribution in [0.3, 0.4) is 0 Å². The molecule has 0 aromatic heterocycles. The number of hydrogen-bond donors (Lipinski definition) is 2. The van der Waals surface area contributed by atoms with E-state index in [1.807, 2.05) is 0 Å². The first-order chi connectivity index (χ1) is 9.61. The van der Waals surface area contributed by atoms with Gasteiger partial charge in [-0.25, -0.2) is 4.79 Å². The summed E-state index contributed by atoms with van der Waals surface area (Å²) in [6.07, 6.45) is 11.0. The average Bonchev–Trinajstić information content (AvgIpc) is 2.44. The van der Waals surface area contributed by atoms with Crippen molar-refractivity contribution in [2.24, 2.45) is 5.73 Å². The second-order valence-electron chi connectivity index (χ2n) is 5.16. The Morgan fingerprint density at radius 2 is 1.48 bits per heavy atom. The van der Waals surface area contributed by atoms with Gasteiger partial charge in [-0.05, 0) is 6.42 Å². The van der Waals surface area contributed by atoms with E-state index in [4.69, 9.17) is 5.73 Å². The van der Waals surface area contributed by atoms with Crippen molar-refractivity contribution in [2.45, 2.75) is 77.2 Å². The van der Waals surface area contributed by atoms with Gasteiger partial charge in [-0.3, -0.25) is 4.79 Å². The topological polar surface area (TPSA) is 69.4 Å². The molecule has 0 amide bonds. The molecule has 0 aromatic carbocycles. The molecule has 0 heterocycles. The van der Waals surface area contributed by atoms with Gasteiger partial charge < -0.3 is 10.5 Å². The van der Waals surface area contributed by atoms with E-state index in [1.54, 1.807) is 0 Å². The molecule has 4 nitrogen and oxygen atoms in total. The molecule has 0 aromatic rings. The van der Waals surface area contributed by atoms with Crippen LogP contribution in [0.5, 0.6) is 0 Å². The van der Waals surface area contributed by atoms with Crippen LogP contribution < -0.4 is 5.73 Å². The van der Waals surface area contributed by atoms with Crippen LogP contribution in [0.25, 0.3) is 0 Å². The average molecular weight is 326 g/mol. The van der Waals surface area contributed by atoms with E-state index in [9.17, 15) is 9.59 Å². The molecule has 0 bridgehead atoms. The third-order valence-electron chi connectivity index (χ3n) is 3.20. The number of esters is 2. The summed E-state index contributed by atoms with van der Waals surface area (Å²) in [6, 6.07) is -0.814. The van der Waals surface area contributed by atoms with Gasteiger partial charge in [0, 0.05) is 41.7 Å². The zero-order chi connectivity index (χ0) is 15.2. The van der Waals surface area contributed by atoms with Crippen molar-refractivity contribution >= 4 is 54.1 Å². The second-order valence-corrected chi connectivity index (χ2v) is 5.53. The van der Waals surface area contributed by atoms with Gasteiger partial charge >= 0.3 is 11.9 Å². The summed E-state index contributed by atoms with van der Waals surface area (Å²) >= 11 is 3.88. The molecule has 0 aliphatic rings. The molecule has 0 saturated carbocycles. The van der Waals surface area contributed by atoms with Crippen molar-refractivity contribution in [1.29, 1.82) is 0 Å². The number of unbranched alkanes of at least 4 members (excludes halogenated alkanes) is 8. The predicted molar refractivity (Wildman–Crippen MR) is 90.5 cm³/mol. The predicted octanol–water partition coefficient (Wildman–Crippen LogP) is 2.85. The molecular weight excluding hydrogens is 297 g/mol. The van der Waals surface area contributed by atoms with E-state index >= 15 is 0 Å². The zero-order valence-corrected chi connectivity index (χ0v) is 16.5. The first-order valence-electron chi connectivity index (χ1n) is 7.72. The molecule has 119 valence electrons. The Kier molecular flexibility index (Phi) is 19.0. The number of carbonyl (C=O) groups is 2. The molecule has 0 saturated heterocycles. The normalized spacial score (nSPS) is 11.6. The molecule has 0 fully saturated rings. The molecule has 6 heteroatoms. The smallest absolute Gasteiger partial charge is 0.331 e. The van der Waals surface area contributed by atoms with Crippen LogP contribution in [0.1, 0.15) is 71.1 Å². The molecule has 0 spiro atoms. The van der Waals surface area contributed by atoms with Gasteiger partial charge in [-0.2, -0.15) is 12.6 Å². The Balaban J connectivity index is 0. The Labute approximate surface area is 156 Å². The van der Waals surface area contributed by atoms with Gasteiger partial charge in [0.25, 0.3) is 0 Å². The summed E-state index contributed by atoms with van der Waals surface area (Å²) in [5, 5.41) is 0. The molecule has 0 aliphatic heterocycles. The molecule has 1 atom stereocenters. The van der Waals surface area contributed by atoms with Gasteiger partial charge in [-0.15, -0.1) is 0 Å². The number of hydrogen-bond acceptors (Lipinski definition) is 5. The fraction of sp³-hybridized carbons (Fsp3) is 0.867. The van der Waals surface area contributed by atoms with Crippen LogP contribution in [0.4, 0.5) is 0 Å². The number of nitrogens with two attached hydrogens (primary N) is 1. The minimum Gasteiger partial charge on any atom is -0.392 e. The molecule has 0 unspecified atom stereocenters. The van der Waals surface area contributed by atoms with Crippen molar-refractivity contribution in [3.63, 3.8) is 0 Å². The number of carbonyl (C=O) groups excluding carboxylic acids is 2. The largest absolute Gasteiger partial charge is 0.392 e. The van der Waals surface area contributed by atoms with Crippen molar-refractivity contribution in [2.75, 3.05) is 5.75 Å². The Morgan fingerprint density at radius 3 is 1.95 bits per heavy atom. The SMILES string of the molecule is CCCCCCCCCCCC(=O)OC(=O)[C@@H](N)CS.[Na]. The third-order valence-corrected chi connectivity index (χ3v) is 3.59. The fourth-order valence-electron chi connectivity index (χ4n) is 1.89. The minimum atomic E-state index is -0.814. The first-order valence-corrected chi connectivity index (χ1v) is 8.36. The summed E-state index contributed by atoms with van der Waals surface area (Å²) in [6.45, 7) is 2.22. The van der Waals surface area contributed by atoms with Gasteiger partial charge in [0.05, 0.1) is 0 Å². The molecule has 1 radical (unpaired) electrons. The number of rotatable bonds is 12. The van der Waals surface area contributed by atoms with Gasteiger partial charge in [-0.1, -0.05) is 58.3 Å². The maximum absolute atomic E-state index is 11.4. The van der Waals surface area contributed by atoms with Crippen LogP contribution in [0, 0.1) is 0 Å². The van der Waals surface area contributed by atoms with E-state index in [1.165, 1.54) is 38.5 Å². The zero-order valence-electron chi connectivity index (χ0n) is 13.6. The summed E-state index contributed by atoms with van der Waals surface area (Å²) in [5.41, 5.74) is 5.41.